The lowest BCUT2D eigenvalue weighted by Gasteiger charge is -2.36. The van der Waals surface area contributed by atoms with Gasteiger partial charge in [-0.3, -0.25) is 0 Å². The zero-order chi connectivity index (χ0) is 13.1. The van der Waals surface area contributed by atoms with Gasteiger partial charge in [0.25, 0.3) is 0 Å². The van der Waals surface area contributed by atoms with E-state index in [1.807, 2.05) is 12.1 Å². The van der Waals surface area contributed by atoms with Crippen LogP contribution < -0.4 is 5.32 Å². The summed E-state index contributed by atoms with van der Waals surface area (Å²) in [6, 6.07) is 7.51. The SMILES string of the molecule is Fc1ccccc1C1CC(NCCc2ncno2)C1. The van der Waals surface area contributed by atoms with Gasteiger partial charge in [-0.15, -0.1) is 0 Å². The maximum Gasteiger partial charge on any atom is 0.227 e. The Kier molecular flexibility index (Phi) is 3.55. The second-order valence-corrected chi connectivity index (χ2v) is 4.93. The standard InChI is InChI=1S/C14H16FN3O/c15-13-4-2-1-3-12(13)10-7-11(8-10)16-6-5-14-17-9-18-19-14/h1-4,9-11,16H,5-8H2. The molecule has 0 saturated heterocycles. The molecular weight excluding hydrogens is 245 g/mol. The highest BCUT2D eigenvalue weighted by Gasteiger charge is 2.31. The van der Waals surface area contributed by atoms with Crippen molar-refractivity contribution >= 4 is 0 Å². The Labute approximate surface area is 111 Å². The van der Waals surface area contributed by atoms with E-state index in [0.717, 1.165) is 31.4 Å². The lowest BCUT2D eigenvalue weighted by atomic mass is 9.75. The fourth-order valence-electron chi connectivity index (χ4n) is 2.53. The third-order valence-corrected chi connectivity index (χ3v) is 3.66. The average Bonchev–Trinajstić information content (AvgIpc) is 2.87. The van der Waals surface area contributed by atoms with E-state index in [1.54, 1.807) is 6.07 Å². The van der Waals surface area contributed by atoms with Crippen LogP contribution in [0.15, 0.2) is 35.1 Å². The van der Waals surface area contributed by atoms with Crippen molar-refractivity contribution in [2.75, 3.05) is 6.54 Å². The average molecular weight is 261 g/mol. The molecule has 1 saturated carbocycles. The highest BCUT2D eigenvalue weighted by atomic mass is 19.1. The Bertz CT molecular complexity index is 523. The predicted molar refractivity (Wildman–Crippen MR) is 68.2 cm³/mol. The topological polar surface area (TPSA) is 51.0 Å². The van der Waals surface area contributed by atoms with E-state index < -0.39 is 0 Å². The first-order valence-electron chi connectivity index (χ1n) is 6.56. The minimum absolute atomic E-state index is 0.0863. The number of nitrogens with one attached hydrogen (secondary N) is 1. The molecule has 0 amide bonds. The van der Waals surface area contributed by atoms with Gasteiger partial charge in [0, 0.05) is 19.0 Å². The molecule has 1 fully saturated rings. The van der Waals surface area contributed by atoms with Gasteiger partial charge in [0.1, 0.15) is 5.82 Å². The summed E-state index contributed by atoms with van der Waals surface area (Å²) in [6.07, 6.45) is 4.13. The van der Waals surface area contributed by atoms with Gasteiger partial charge in [-0.05, 0) is 30.4 Å². The number of rotatable bonds is 5. The van der Waals surface area contributed by atoms with Gasteiger partial charge in [-0.25, -0.2) is 4.39 Å². The van der Waals surface area contributed by atoms with E-state index in [4.69, 9.17) is 4.52 Å². The molecule has 100 valence electrons. The molecule has 0 atom stereocenters. The minimum Gasteiger partial charge on any atom is -0.340 e. The smallest absolute Gasteiger partial charge is 0.227 e. The molecule has 0 radical (unpaired) electrons. The number of benzene rings is 1. The predicted octanol–water partition coefficient (Wildman–Crippen LogP) is 2.29. The molecule has 1 aliphatic carbocycles. The maximum atomic E-state index is 13.6. The van der Waals surface area contributed by atoms with Gasteiger partial charge in [-0.1, -0.05) is 23.4 Å². The van der Waals surface area contributed by atoms with E-state index in [2.05, 4.69) is 15.5 Å². The Hall–Kier alpha value is -1.75. The van der Waals surface area contributed by atoms with Crippen LogP contribution in [0.2, 0.25) is 0 Å². The molecule has 3 rings (SSSR count). The lowest BCUT2D eigenvalue weighted by Crippen LogP contribution is -2.41. The summed E-state index contributed by atoms with van der Waals surface area (Å²) in [5.41, 5.74) is 0.845. The monoisotopic (exact) mass is 261 g/mol. The molecule has 1 aromatic carbocycles. The molecule has 1 N–H and O–H groups in total. The summed E-state index contributed by atoms with van der Waals surface area (Å²) in [6.45, 7) is 0.816. The van der Waals surface area contributed by atoms with E-state index in [0.29, 0.717) is 17.9 Å². The summed E-state index contributed by atoms with van der Waals surface area (Å²) in [5.74, 6) is 0.913. The minimum atomic E-state index is -0.0863. The maximum absolute atomic E-state index is 13.6. The second-order valence-electron chi connectivity index (χ2n) is 4.93. The van der Waals surface area contributed by atoms with Crippen molar-refractivity contribution in [2.24, 2.45) is 0 Å². The molecule has 1 aliphatic rings. The first-order valence-corrected chi connectivity index (χ1v) is 6.56. The van der Waals surface area contributed by atoms with Crippen LogP contribution in [0.1, 0.15) is 30.2 Å². The van der Waals surface area contributed by atoms with E-state index in [9.17, 15) is 4.39 Å². The normalized spacial score (nSPS) is 22.2. The molecule has 0 unspecified atom stereocenters. The summed E-state index contributed by atoms with van der Waals surface area (Å²) in [5, 5.41) is 6.99. The molecule has 0 aliphatic heterocycles. The fraction of sp³-hybridized carbons (Fsp3) is 0.429. The molecule has 5 heteroatoms. The first-order chi connectivity index (χ1) is 9.33. The highest BCUT2D eigenvalue weighted by molar-refractivity contribution is 5.24. The molecule has 0 bridgehead atoms. The fourth-order valence-corrected chi connectivity index (χ4v) is 2.53. The summed E-state index contributed by atoms with van der Waals surface area (Å²) >= 11 is 0. The third-order valence-electron chi connectivity index (χ3n) is 3.66. The third kappa shape index (κ3) is 2.81. The van der Waals surface area contributed by atoms with Crippen LogP contribution in [0.4, 0.5) is 4.39 Å². The van der Waals surface area contributed by atoms with Crippen LogP contribution in [-0.4, -0.2) is 22.7 Å². The number of nitrogens with zero attached hydrogens (tertiary/aromatic N) is 2. The van der Waals surface area contributed by atoms with Gasteiger partial charge in [0.2, 0.25) is 5.89 Å². The Morgan fingerprint density at radius 1 is 1.32 bits per heavy atom. The second kappa shape index (κ2) is 5.48. The zero-order valence-electron chi connectivity index (χ0n) is 10.6. The van der Waals surface area contributed by atoms with Crippen molar-refractivity contribution in [1.82, 2.24) is 15.5 Å². The number of hydrogen-bond acceptors (Lipinski definition) is 4. The molecule has 1 aromatic heterocycles. The largest absolute Gasteiger partial charge is 0.340 e. The number of halogens is 1. The first kappa shape index (κ1) is 12.3. The van der Waals surface area contributed by atoms with Gasteiger partial charge in [-0.2, -0.15) is 4.98 Å². The van der Waals surface area contributed by atoms with E-state index in [1.165, 1.54) is 12.4 Å². The van der Waals surface area contributed by atoms with Gasteiger partial charge in [0.05, 0.1) is 0 Å². The van der Waals surface area contributed by atoms with Crippen molar-refractivity contribution in [2.45, 2.75) is 31.2 Å². The molecule has 4 nitrogen and oxygen atoms in total. The van der Waals surface area contributed by atoms with Crippen molar-refractivity contribution < 1.29 is 8.91 Å². The van der Waals surface area contributed by atoms with Crippen molar-refractivity contribution in [3.63, 3.8) is 0 Å². The van der Waals surface area contributed by atoms with Crippen LogP contribution >= 0.6 is 0 Å². The Balaban J connectivity index is 1.42. The molecular formula is C14H16FN3O. The van der Waals surface area contributed by atoms with Crippen molar-refractivity contribution in [3.8, 4) is 0 Å². The number of hydrogen-bond donors (Lipinski definition) is 1. The number of aromatic nitrogens is 2. The molecule has 19 heavy (non-hydrogen) atoms. The summed E-state index contributed by atoms with van der Waals surface area (Å²) < 4.78 is 18.5. The zero-order valence-corrected chi connectivity index (χ0v) is 10.6. The Morgan fingerprint density at radius 2 is 2.16 bits per heavy atom. The highest BCUT2D eigenvalue weighted by Crippen LogP contribution is 2.37. The molecule has 2 aromatic rings. The van der Waals surface area contributed by atoms with Crippen LogP contribution in [0, 0.1) is 5.82 Å². The van der Waals surface area contributed by atoms with Crippen LogP contribution in [0.5, 0.6) is 0 Å². The molecule has 1 heterocycles. The lowest BCUT2D eigenvalue weighted by molar-refractivity contribution is 0.282. The van der Waals surface area contributed by atoms with E-state index in [-0.39, 0.29) is 5.82 Å². The summed E-state index contributed by atoms with van der Waals surface area (Å²) in [4.78, 5) is 3.96. The van der Waals surface area contributed by atoms with Gasteiger partial charge in [0.15, 0.2) is 6.33 Å². The quantitative estimate of drug-likeness (QED) is 0.897. The van der Waals surface area contributed by atoms with Crippen molar-refractivity contribution in [3.05, 3.63) is 47.9 Å². The summed E-state index contributed by atoms with van der Waals surface area (Å²) in [7, 11) is 0. The van der Waals surface area contributed by atoms with Crippen LogP contribution in [0.3, 0.4) is 0 Å². The van der Waals surface area contributed by atoms with Crippen LogP contribution in [0.25, 0.3) is 0 Å². The van der Waals surface area contributed by atoms with Crippen LogP contribution in [-0.2, 0) is 6.42 Å². The Morgan fingerprint density at radius 3 is 2.89 bits per heavy atom. The van der Waals surface area contributed by atoms with Gasteiger partial charge >= 0.3 is 0 Å². The van der Waals surface area contributed by atoms with E-state index >= 15 is 0 Å². The van der Waals surface area contributed by atoms with Crippen molar-refractivity contribution in [1.29, 1.82) is 0 Å². The van der Waals surface area contributed by atoms with Gasteiger partial charge < -0.3 is 9.84 Å². The molecule has 0 spiro atoms.